The second kappa shape index (κ2) is 10.3. The van der Waals surface area contributed by atoms with Gasteiger partial charge in [0.2, 0.25) is 5.91 Å². The number of para-hydroxylation sites is 1. The SMILES string of the molecule is O=C(CCc1ccccc1Cl)NC(=S)Nc1ccccc1C(=O)N1CCOCC1. The van der Waals surface area contributed by atoms with Crippen molar-refractivity contribution in [2.24, 2.45) is 0 Å². The molecule has 1 fully saturated rings. The zero-order chi connectivity index (χ0) is 20.6. The lowest BCUT2D eigenvalue weighted by Gasteiger charge is -2.27. The number of nitrogens with one attached hydrogen (secondary N) is 2. The lowest BCUT2D eigenvalue weighted by atomic mass is 10.1. The molecular formula is C21H22ClN3O3S. The van der Waals surface area contributed by atoms with Crippen molar-refractivity contribution in [1.82, 2.24) is 10.2 Å². The van der Waals surface area contributed by atoms with E-state index in [-0.39, 0.29) is 23.3 Å². The molecule has 2 N–H and O–H groups in total. The number of morpholine rings is 1. The third-order valence-electron chi connectivity index (χ3n) is 4.54. The van der Waals surface area contributed by atoms with Crippen LogP contribution in [0.2, 0.25) is 5.02 Å². The lowest BCUT2D eigenvalue weighted by Crippen LogP contribution is -2.41. The van der Waals surface area contributed by atoms with Crippen LogP contribution in [0.25, 0.3) is 0 Å². The van der Waals surface area contributed by atoms with Crippen molar-refractivity contribution in [3.05, 3.63) is 64.7 Å². The molecule has 3 rings (SSSR count). The van der Waals surface area contributed by atoms with Crippen LogP contribution in [0.3, 0.4) is 0 Å². The molecule has 1 aliphatic heterocycles. The number of hydrogen-bond donors (Lipinski definition) is 2. The summed E-state index contributed by atoms with van der Waals surface area (Å²) in [7, 11) is 0. The number of benzene rings is 2. The fourth-order valence-electron chi connectivity index (χ4n) is 3.01. The summed E-state index contributed by atoms with van der Waals surface area (Å²) in [5.74, 6) is -0.316. The maximum Gasteiger partial charge on any atom is 0.256 e. The second-order valence-electron chi connectivity index (χ2n) is 6.54. The Balaban J connectivity index is 1.57. The normalized spacial score (nSPS) is 13.6. The van der Waals surface area contributed by atoms with Crippen LogP contribution in [0, 0.1) is 0 Å². The first-order chi connectivity index (χ1) is 14.0. The molecule has 0 radical (unpaired) electrons. The number of amides is 2. The van der Waals surface area contributed by atoms with Crippen LogP contribution in [0.1, 0.15) is 22.3 Å². The standard InChI is InChI=1S/C21H22ClN3O3S/c22-17-7-3-1-5-15(17)9-10-19(26)24-21(29)23-18-8-4-2-6-16(18)20(27)25-11-13-28-14-12-25/h1-8H,9-14H2,(H2,23,24,26,29). The summed E-state index contributed by atoms with van der Waals surface area (Å²) in [6.45, 7) is 2.16. The number of nitrogens with zero attached hydrogens (tertiary/aromatic N) is 1. The summed E-state index contributed by atoms with van der Waals surface area (Å²) < 4.78 is 5.30. The molecule has 1 aliphatic rings. The summed E-state index contributed by atoms with van der Waals surface area (Å²) in [5, 5.41) is 6.41. The van der Waals surface area contributed by atoms with Crippen LogP contribution >= 0.6 is 23.8 Å². The van der Waals surface area contributed by atoms with Crippen molar-refractivity contribution in [3.8, 4) is 0 Å². The molecule has 0 atom stereocenters. The molecule has 1 heterocycles. The molecule has 0 saturated carbocycles. The molecule has 0 spiro atoms. The van der Waals surface area contributed by atoms with E-state index in [0.717, 1.165) is 5.56 Å². The average Bonchev–Trinajstić information content (AvgIpc) is 2.73. The Bertz CT molecular complexity index is 900. The molecular weight excluding hydrogens is 410 g/mol. The Morgan fingerprint density at radius 3 is 2.52 bits per heavy atom. The Kier molecular flexibility index (Phi) is 7.57. The fraction of sp³-hybridized carbons (Fsp3) is 0.286. The molecule has 29 heavy (non-hydrogen) atoms. The zero-order valence-electron chi connectivity index (χ0n) is 15.8. The molecule has 8 heteroatoms. The molecule has 0 aliphatic carbocycles. The summed E-state index contributed by atoms with van der Waals surface area (Å²) in [5.41, 5.74) is 1.96. The highest BCUT2D eigenvalue weighted by Crippen LogP contribution is 2.19. The third kappa shape index (κ3) is 6.00. The number of carbonyl (C=O) groups excluding carboxylic acids is 2. The molecule has 1 saturated heterocycles. The van der Waals surface area contributed by atoms with E-state index in [1.165, 1.54) is 0 Å². The van der Waals surface area contributed by atoms with Gasteiger partial charge in [0.1, 0.15) is 0 Å². The molecule has 2 aromatic carbocycles. The number of ether oxygens (including phenoxy) is 1. The molecule has 6 nitrogen and oxygen atoms in total. The number of halogens is 1. The number of hydrogen-bond acceptors (Lipinski definition) is 4. The van der Waals surface area contributed by atoms with Crippen molar-refractivity contribution in [2.75, 3.05) is 31.6 Å². The Morgan fingerprint density at radius 2 is 1.76 bits per heavy atom. The van der Waals surface area contributed by atoms with Gasteiger partial charge in [-0.25, -0.2) is 0 Å². The fourth-order valence-corrected chi connectivity index (χ4v) is 3.46. The molecule has 0 aromatic heterocycles. The molecule has 2 amide bonds. The van der Waals surface area contributed by atoms with Gasteiger partial charge in [0, 0.05) is 24.5 Å². The smallest absolute Gasteiger partial charge is 0.256 e. The highest BCUT2D eigenvalue weighted by atomic mass is 35.5. The summed E-state index contributed by atoms with van der Waals surface area (Å²) in [6, 6.07) is 14.5. The zero-order valence-corrected chi connectivity index (χ0v) is 17.4. The molecule has 2 aromatic rings. The Morgan fingerprint density at radius 1 is 1.07 bits per heavy atom. The van der Waals surface area contributed by atoms with Gasteiger partial charge in [0.15, 0.2) is 5.11 Å². The van der Waals surface area contributed by atoms with Crippen molar-refractivity contribution in [3.63, 3.8) is 0 Å². The van der Waals surface area contributed by atoms with Crippen molar-refractivity contribution in [2.45, 2.75) is 12.8 Å². The van der Waals surface area contributed by atoms with Gasteiger partial charge in [0.05, 0.1) is 24.5 Å². The molecule has 152 valence electrons. The summed E-state index contributed by atoms with van der Waals surface area (Å²) in [6.07, 6.45) is 0.764. The Labute approximate surface area is 180 Å². The van der Waals surface area contributed by atoms with E-state index in [9.17, 15) is 9.59 Å². The number of carbonyl (C=O) groups is 2. The van der Waals surface area contributed by atoms with Gasteiger partial charge < -0.3 is 20.3 Å². The topological polar surface area (TPSA) is 70.7 Å². The van der Waals surface area contributed by atoms with Crippen LogP contribution in [-0.4, -0.2) is 48.1 Å². The van der Waals surface area contributed by atoms with Gasteiger partial charge >= 0.3 is 0 Å². The van der Waals surface area contributed by atoms with E-state index in [0.29, 0.717) is 49.0 Å². The van der Waals surface area contributed by atoms with Crippen molar-refractivity contribution in [1.29, 1.82) is 0 Å². The number of thiocarbonyl (C=S) groups is 1. The van der Waals surface area contributed by atoms with Gasteiger partial charge in [-0.05, 0) is 42.4 Å². The predicted octanol–water partition coefficient (Wildman–Crippen LogP) is 3.26. The first-order valence-electron chi connectivity index (χ1n) is 9.35. The summed E-state index contributed by atoms with van der Waals surface area (Å²) in [4.78, 5) is 26.8. The number of aryl methyl sites for hydroxylation is 1. The monoisotopic (exact) mass is 431 g/mol. The minimum absolute atomic E-state index is 0.0933. The van der Waals surface area contributed by atoms with Gasteiger partial charge in [0.25, 0.3) is 5.91 Å². The largest absolute Gasteiger partial charge is 0.378 e. The van der Waals surface area contributed by atoms with E-state index in [2.05, 4.69) is 10.6 Å². The summed E-state index contributed by atoms with van der Waals surface area (Å²) >= 11 is 11.4. The minimum Gasteiger partial charge on any atom is -0.378 e. The molecule has 0 unspecified atom stereocenters. The van der Waals surface area contributed by atoms with E-state index in [1.807, 2.05) is 18.2 Å². The maximum atomic E-state index is 12.8. The van der Waals surface area contributed by atoms with E-state index >= 15 is 0 Å². The van der Waals surface area contributed by atoms with Crippen LogP contribution in [0.4, 0.5) is 5.69 Å². The van der Waals surface area contributed by atoms with Crippen LogP contribution < -0.4 is 10.6 Å². The Hall–Kier alpha value is -2.48. The van der Waals surface area contributed by atoms with E-state index < -0.39 is 0 Å². The number of anilines is 1. The molecule has 0 bridgehead atoms. The van der Waals surface area contributed by atoms with E-state index in [4.69, 9.17) is 28.6 Å². The highest BCUT2D eigenvalue weighted by molar-refractivity contribution is 7.80. The van der Waals surface area contributed by atoms with Crippen molar-refractivity contribution >= 4 is 46.4 Å². The first-order valence-corrected chi connectivity index (χ1v) is 10.1. The van der Waals surface area contributed by atoms with Gasteiger partial charge in [-0.1, -0.05) is 41.9 Å². The lowest BCUT2D eigenvalue weighted by molar-refractivity contribution is -0.119. The van der Waals surface area contributed by atoms with Crippen LogP contribution in [0.5, 0.6) is 0 Å². The van der Waals surface area contributed by atoms with Crippen LogP contribution in [-0.2, 0) is 16.0 Å². The quantitative estimate of drug-likeness (QED) is 0.711. The van der Waals surface area contributed by atoms with Crippen molar-refractivity contribution < 1.29 is 14.3 Å². The highest BCUT2D eigenvalue weighted by Gasteiger charge is 2.21. The predicted molar refractivity (Wildman–Crippen MR) is 117 cm³/mol. The van der Waals surface area contributed by atoms with Crippen LogP contribution in [0.15, 0.2) is 48.5 Å². The minimum atomic E-state index is -0.223. The van der Waals surface area contributed by atoms with E-state index in [1.54, 1.807) is 35.2 Å². The average molecular weight is 432 g/mol. The van der Waals surface area contributed by atoms with Gasteiger partial charge in [-0.3, -0.25) is 9.59 Å². The number of rotatable bonds is 5. The third-order valence-corrected chi connectivity index (χ3v) is 5.11. The first kappa shape index (κ1) is 21.2. The maximum absolute atomic E-state index is 12.8. The second-order valence-corrected chi connectivity index (χ2v) is 7.36. The van der Waals surface area contributed by atoms with Gasteiger partial charge in [-0.15, -0.1) is 0 Å². The van der Waals surface area contributed by atoms with Gasteiger partial charge in [-0.2, -0.15) is 0 Å².